The van der Waals surface area contributed by atoms with E-state index in [0.717, 1.165) is 18.4 Å². The van der Waals surface area contributed by atoms with Gasteiger partial charge in [0.1, 0.15) is 0 Å². The molecule has 0 saturated heterocycles. The minimum Gasteiger partial charge on any atom is -0.382 e. The molecule has 1 aromatic rings. The number of ether oxygens (including phenoxy) is 3. The maximum atomic E-state index is 11.8. The van der Waals surface area contributed by atoms with Crippen LogP contribution in [0.25, 0.3) is 0 Å². The summed E-state index contributed by atoms with van der Waals surface area (Å²) in [5, 5.41) is 0. The van der Waals surface area contributed by atoms with E-state index in [-0.39, 0.29) is 5.78 Å². The van der Waals surface area contributed by atoms with Gasteiger partial charge in [-0.1, -0.05) is 30.3 Å². The number of carbonyl (C=O) groups excluding carboxylic acids is 1. The van der Waals surface area contributed by atoms with Gasteiger partial charge in [0, 0.05) is 38.9 Å². The molecule has 20 heavy (non-hydrogen) atoms. The first-order chi connectivity index (χ1) is 9.84. The molecule has 0 N–H and O–H groups in total. The number of Topliss-reactive ketones (excluding diaryl/α,β-unsaturated/α-hetero) is 1. The zero-order valence-electron chi connectivity index (χ0n) is 12.2. The number of ketones is 1. The first kappa shape index (κ1) is 16.8. The van der Waals surface area contributed by atoms with Crippen molar-refractivity contribution >= 4 is 5.78 Å². The van der Waals surface area contributed by atoms with Crippen LogP contribution >= 0.6 is 0 Å². The van der Waals surface area contributed by atoms with Crippen molar-refractivity contribution in [1.29, 1.82) is 0 Å². The van der Waals surface area contributed by atoms with E-state index in [2.05, 4.69) is 0 Å². The molecule has 0 aliphatic carbocycles. The summed E-state index contributed by atoms with van der Waals surface area (Å²) in [7, 11) is 1.66. The lowest BCUT2D eigenvalue weighted by Crippen LogP contribution is -2.07. The van der Waals surface area contributed by atoms with Crippen molar-refractivity contribution in [2.75, 3.05) is 40.1 Å². The first-order valence-electron chi connectivity index (χ1n) is 7.07. The molecule has 0 spiro atoms. The van der Waals surface area contributed by atoms with Gasteiger partial charge >= 0.3 is 0 Å². The van der Waals surface area contributed by atoms with Crippen LogP contribution in [0.3, 0.4) is 0 Å². The molecular weight excluding hydrogens is 256 g/mol. The highest BCUT2D eigenvalue weighted by Gasteiger charge is 2.03. The van der Waals surface area contributed by atoms with E-state index in [9.17, 15) is 4.79 Å². The van der Waals surface area contributed by atoms with Gasteiger partial charge < -0.3 is 14.2 Å². The summed E-state index contributed by atoms with van der Waals surface area (Å²) in [6.45, 7) is 3.24. The van der Waals surface area contributed by atoms with Gasteiger partial charge in [-0.05, 0) is 12.8 Å². The quantitative estimate of drug-likeness (QED) is 0.436. The van der Waals surface area contributed by atoms with E-state index in [1.807, 2.05) is 30.3 Å². The molecule has 0 amide bonds. The number of carbonyl (C=O) groups is 1. The molecule has 4 heteroatoms. The van der Waals surface area contributed by atoms with Gasteiger partial charge in [-0.2, -0.15) is 0 Å². The standard InChI is InChI=1S/C16H24O4/c1-18-13-14-20-12-6-11-19-10-5-9-16(17)15-7-3-2-4-8-15/h2-4,7-8H,5-6,9-14H2,1H3. The highest BCUT2D eigenvalue weighted by Crippen LogP contribution is 2.05. The van der Waals surface area contributed by atoms with Gasteiger partial charge in [0.15, 0.2) is 5.78 Å². The van der Waals surface area contributed by atoms with Crippen molar-refractivity contribution in [2.24, 2.45) is 0 Å². The van der Waals surface area contributed by atoms with Gasteiger partial charge in [-0.15, -0.1) is 0 Å². The molecule has 0 fully saturated rings. The fourth-order valence-corrected chi connectivity index (χ4v) is 1.71. The van der Waals surface area contributed by atoms with E-state index in [0.29, 0.717) is 39.5 Å². The van der Waals surface area contributed by atoms with Gasteiger partial charge in [-0.3, -0.25) is 4.79 Å². The summed E-state index contributed by atoms with van der Waals surface area (Å²) in [6, 6.07) is 9.37. The largest absolute Gasteiger partial charge is 0.382 e. The first-order valence-corrected chi connectivity index (χ1v) is 7.07. The Morgan fingerprint density at radius 1 is 0.900 bits per heavy atom. The van der Waals surface area contributed by atoms with Gasteiger partial charge in [-0.25, -0.2) is 0 Å². The summed E-state index contributed by atoms with van der Waals surface area (Å²) >= 11 is 0. The maximum absolute atomic E-state index is 11.8. The lowest BCUT2D eigenvalue weighted by molar-refractivity contribution is 0.0506. The lowest BCUT2D eigenvalue weighted by Gasteiger charge is -2.05. The summed E-state index contributed by atoms with van der Waals surface area (Å²) in [4.78, 5) is 11.8. The normalized spacial score (nSPS) is 10.7. The Morgan fingerprint density at radius 3 is 2.25 bits per heavy atom. The topological polar surface area (TPSA) is 44.8 Å². The molecule has 0 heterocycles. The number of benzene rings is 1. The Bertz CT molecular complexity index is 351. The Labute approximate surface area is 121 Å². The molecule has 0 unspecified atom stereocenters. The molecule has 0 aliphatic heterocycles. The SMILES string of the molecule is COCCOCCCOCCCC(=O)c1ccccc1. The fourth-order valence-electron chi connectivity index (χ4n) is 1.71. The minimum absolute atomic E-state index is 0.178. The zero-order chi connectivity index (χ0) is 14.5. The number of methoxy groups -OCH3 is 1. The van der Waals surface area contributed by atoms with E-state index >= 15 is 0 Å². The zero-order valence-corrected chi connectivity index (χ0v) is 12.2. The Hall–Kier alpha value is -1.23. The van der Waals surface area contributed by atoms with E-state index in [1.54, 1.807) is 7.11 Å². The van der Waals surface area contributed by atoms with Crippen LogP contribution < -0.4 is 0 Å². The molecule has 0 bridgehead atoms. The molecule has 0 radical (unpaired) electrons. The van der Waals surface area contributed by atoms with E-state index in [1.165, 1.54) is 0 Å². The Balaban J connectivity index is 1.91. The molecule has 0 saturated carbocycles. The lowest BCUT2D eigenvalue weighted by atomic mass is 10.1. The fraction of sp³-hybridized carbons (Fsp3) is 0.562. The van der Waals surface area contributed by atoms with Gasteiger partial charge in [0.25, 0.3) is 0 Å². The molecule has 1 rings (SSSR count). The van der Waals surface area contributed by atoms with E-state index in [4.69, 9.17) is 14.2 Å². The molecule has 0 aliphatic rings. The van der Waals surface area contributed by atoms with Crippen LogP contribution in [-0.4, -0.2) is 45.9 Å². The molecule has 4 nitrogen and oxygen atoms in total. The number of hydrogen-bond acceptors (Lipinski definition) is 4. The Kier molecular flexibility index (Phi) is 9.74. The predicted molar refractivity (Wildman–Crippen MR) is 78.1 cm³/mol. The highest BCUT2D eigenvalue weighted by atomic mass is 16.5. The summed E-state index contributed by atoms with van der Waals surface area (Å²) in [5.74, 6) is 0.178. The smallest absolute Gasteiger partial charge is 0.162 e. The van der Waals surface area contributed by atoms with Crippen molar-refractivity contribution in [1.82, 2.24) is 0 Å². The summed E-state index contributed by atoms with van der Waals surface area (Å²) in [5.41, 5.74) is 0.777. The van der Waals surface area contributed by atoms with Crippen LogP contribution in [0.2, 0.25) is 0 Å². The van der Waals surface area contributed by atoms with Crippen LogP contribution in [0.4, 0.5) is 0 Å². The molecule has 1 aromatic carbocycles. The average Bonchev–Trinajstić information content (AvgIpc) is 2.50. The second-order valence-corrected chi connectivity index (χ2v) is 4.46. The Morgan fingerprint density at radius 2 is 1.55 bits per heavy atom. The van der Waals surface area contributed by atoms with Crippen molar-refractivity contribution < 1.29 is 19.0 Å². The third-order valence-corrected chi connectivity index (χ3v) is 2.80. The minimum atomic E-state index is 0.178. The molecule has 0 aromatic heterocycles. The number of hydrogen-bond donors (Lipinski definition) is 0. The van der Waals surface area contributed by atoms with Crippen LogP contribution in [-0.2, 0) is 14.2 Å². The van der Waals surface area contributed by atoms with Crippen molar-refractivity contribution in [3.05, 3.63) is 35.9 Å². The molecular formula is C16H24O4. The number of rotatable bonds is 12. The third kappa shape index (κ3) is 8.04. The van der Waals surface area contributed by atoms with Crippen LogP contribution in [0.5, 0.6) is 0 Å². The molecule has 0 atom stereocenters. The maximum Gasteiger partial charge on any atom is 0.162 e. The second kappa shape index (κ2) is 11.6. The predicted octanol–water partition coefficient (Wildman–Crippen LogP) is 2.72. The highest BCUT2D eigenvalue weighted by molar-refractivity contribution is 5.95. The van der Waals surface area contributed by atoms with Crippen molar-refractivity contribution in [3.8, 4) is 0 Å². The average molecular weight is 280 g/mol. The van der Waals surface area contributed by atoms with Crippen molar-refractivity contribution in [3.63, 3.8) is 0 Å². The summed E-state index contributed by atoms with van der Waals surface area (Å²) < 4.78 is 15.7. The molecule has 112 valence electrons. The van der Waals surface area contributed by atoms with Crippen LogP contribution in [0.1, 0.15) is 29.6 Å². The van der Waals surface area contributed by atoms with E-state index < -0.39 is 0 Å². The third-order valence-electron chi connectivity index (χ3n) is 2.80. The van der Waals surface area contributed by atoms with Gasteiger partial charge in [0.2, 0.25) is 0 Å². The van der Waals surface area contributed by atoms with Crippen molar-refractivity contribution in [2.45, 2.75) is 19.3 Å². The monoisotopic (exact) mass is 280 g/mol. The summed E-state index contributed by atoms with van der Waals surface area (Å²) in [6.07, 6.45) is 2.17. The van der Waals surface area contributed by atoms with Crippen LogP contribution in [0.15, 0.2) is 30.3 Å². The van der Waals surface area contributed by atoms with Crippen LogP contribution in [0, 0.1) is 0 Å². The van der Waals surface area contributed by atoms with Gasteiger partial charge in [0.05, 0.1) is 13.2 Å². The second-order valence-electron chi connectivity index (χ2n) is 4.46.